The summed E-state index contributed by atoms with van der Waals surface area (Å²) in [6.07, 6.45) is 2.20. The van der Waals surface area contributed by atoms with Crippen LogP contribution >= 0.6 is 0 Å². The van der Waals surface area contributed by atoms with Crippen molar-refractivity contribution in [2.75, 3.05) is 11.9 Å². The van der Waals surface area contributed by atoms with Gasteiger partial charge in [-0.15, -0.1) is 0 Å². The molecule has 0 bridgehead atoms. The van der Waals surface area contributed by atoms with Crippen LogP contribution in [0, 0.1) is 0 Å². The van der Waals surface area contributed by atoms with Crippen LogP contribution in [-0.2, 0) is 4.79 Å². The fourth-order valence-electron chi connectivity index (χ4n) is 2.13. The molecule has 3 rings (SSSR count). The molecule has 4 nitrogen and oxygen atoms in total. The minimum absolute atomic E-state index is 0.0548. The van der Waals surface area contributed by atoms with E-state index in [0.29, 0.717) is 13.0 Å². The minimum atomic E-state index is -0.0548. The lowest BCUT2D eigenvalue weighted by atomic mass is 10.2. The summed E-state index contributed by atoms with van der Waals surface area (Å²) in [6, 6.07) is 17.2. The Morgan fingerprint density at radius 3 is 2.81 bits per heavy atom. The zero-order chi connectivity index (χ0) is 14.5. The van der Waals surface area contributed by atoms with Gasteiger partial charge in [0, 0.05) is 22.8 Å². The van der Waals surface area contributed by atoms with Gasteiger partial charge < -0.3 is 15.0 Å². The number of aromatic amines is 1. The predicted octanol–water partition coefficient (Wildman–Crippen LogP) is 3.58. The second kappa shape index (κ2) is 6.13. The third kappa shape index (κ3) is 3.42. The highest BCUT2D eigenvalue weighted by molar-refractivity contribution is 5.93. The predicted molar refractivity (Wildman–Crippen MR) is 83.5 cm³/mol. The van der Waals surface area contributed by atoms with Crippen LogP contribution in [0.1, 0.15) is 6.42 Å². The number of para-hydroxylation sites is 1. The molecule has 2 N–H and O–H groups in total. The molecule has 1 amide bonds. The van der Waals surface area contributed by atoms with Gasteiger partial charge >= 0.3 is 0 Å². The maximum Gasteiger partial charge on any atom is 0.227 e. The van der Waals surface area contributed by atoms with E-state index in [2.05, 4.69) is 10.3 Å². The van der Waals surface area contributed by atoms with Gasteiger partial charge in [0.15, 0.2) is 0 Å². The first kappa shape index (κ1) is 13.2. The number of anilines is 1. The summed E-state index contributed by atoms with van der Waals surface area (Å²) in [4.78, 5) is 15.0. The molecule has 0 saturated carbocycles. The molecule has 0 unspecified atom stereocenters. The number of ether oxygens (including phenoxy) is 1. The van der Waals surface area contributed by atoms with E-state index in [9.17, 15) is 4.79 Å². The van der Waals surface area contributed by atoms with Gasteiger partial charge in [0.05, 0.1) is 13.0 Å². The quantitative estimate of drug-likeness (QED) is 0.750. The number of carbonyl (C=O) groups is 1. The van der Waals surface area contributed by atoms with E-state index in [-0.39, 0.29) is 5.91 Å². The Morgan fingerprint density at radius 2 is 1.95 bits per heavy atom. The average molecular weight is 280 g/mol. The molecule has 3 aromatic rings. The van der Waals surface area contributed by atoms with Crippen LogP contribution in [0.2, 0.25) is 0 Å². The van der Waals surface area contributed by atoms with Crippen molar-refractivity contribution in [2.45, 2.75) is 6.42 Å². The van der Waals surface area contributed by atoms with E-state index in [1.54, 1.807) is 0 Å². The molecule has 0 fully saturated rings. The van der Waals surface area contributed by atoms with E-state index < -0.39 is 0 Å². The number of rotatable bonds is 5. The van der Waals surface area contributed by atoms with Crippen molar-refractivity contribution in [1.29, 1.82) is 0 Å². The number of fused-ring (bicyclic) bond motifs is 1. The van der Waals surface area contributed by atoms with E-state index in [0.717, 1.165) is 22.3 Å². The molecule has 2 aromatic carbocycles. The van der Waals surface area contributed by atoms with Crippen LogP contribution in [0.25, 0.3) is 10.9 Å². The first-order valence-electron chi connectivity index (χ1n) is 6.86. The smallest absolute Gasteiger partial charge is 0.227 e. The van der Waals surface area contributed by atoms with Gasteiger partial charge in [0.2, 0.25) is 5.91 Å². The maximum absolute atomic E-state index is 11.9. The monoisotopic (exact) mass is 280 g/mol. The van der Waals surface area contributed by atoms with Crippen LogP contribution < -0.4 is 10.1 Å². The number of benzene rings is 2. The van der Waals surface area contributed by atoms with Crippen LogP contribution in [-0.4, -0.2) is 17.5 Å². The summed E-state index contributed by atoms with van der Waals surface area (Å²) in [5.41, 5.74) is 1.85. The lowest BCUT2D eigenvalue weighted by Gasteiger charge is -2.07. The van der Waals surface area contributed by atoms with Crippen LogP contribution in [0.4, 0.5) is 5.69 Å². The molecular weight excluding hydrogens is 264 g/mol. The SMILES string of the molecule is O=C(CCOc1ccccc1)Nc1ccc2[nH]ccc2c1. The Balaban J connectivity index is 1.51. The van der Waals surface area contributed by atoms with Gasteiger partial charge in [-0.2, -0.15) is 0 Å². The number of carbonyl (C=O) groups excluding carboxylic acids is 1. The highest BCUT2D eigenvalue weighted by Crippen LogP contribution is 2.18. The highest BCUT2D eigenvalue weighted by atomic mass is 16.5. The summed E-state index contributed by atoms with van der Waals surface area (Å²) in [5.74, 6) is 0.722. The molecule has 0 atom stereocenters. The van der Waals surface area contributed by atoms with E-state index >= 15 is 0 Å². The Labute approximate surface area is 122 Å². The van der Waals surface area contributed by atoms with Gasteiger partial charge in [-0.05, 0) is 36.4 Å². The van der Waals surface area contributed by atoms with Crippen molar-refractivity contribution in [3.8, 4) is 5.75 Å². The fraction of sp³-hybridized carbons (Fsp3) is 0.118. The highest BCUT2D eigenvalue weighted by Gasteiger charge is 2.04. The molecule has 21 heavy (non-hydrogen) atoms. The number of hydrogen-bond donors (Lipinski definition) is 2. The van der Waals surface area contributed by atoms with E-state index in [1.807, 2.05) is 60.8 Å². The Kier molecular flexibility index (Phi) is 3.87. The fourth-order valence-corrected chi connectivity index (χ4v) is 2.13. The zero-order valence-corrected chi connectivity index (χ0v) is 11.5. The number of H-pyrrole nitrogens is 1. The van der Waals surface area contributed by atoms with Gasteiger partial charge in [-0.1, -0.05) is 18.2 Å². The molecule has 0 spiro atoms. The molecule has 1 aromatic heterocycles. The summed E-state index contributed by atoms with van der Waals surface area (Å²) < 4.78 is 5.51. The summed E-state index contributed by atoms with van der Waals surface area (Å²) in [6.45, 7) is 0.363. The molecular formula is C17H16N2O2. The first-order chi connectivity index (χ1) is 10.3. The summed E-state index contributed by atoms with van der Waals surface area (Å²) in [7, 11) is 0. The zero-order valence-electron chi connectivity index (χ0n) is 11.5. The molecule has 1 heterocycles. The topological polar surface area (TPSA) is 54.1 Å². The second-order valence-electron chi connectivity index (χ2n) is 4.74. The van der Waals surface area contributed by atoms with E-state index in [4.69, 9.17) is 4.74 Å². The lowest BCUT2D eigenvalue weighted by molar-refractivity contribution is -0.116. The lowest BCUT2D eigenvalue weighted by Crippen LogP contribution is -2.15. The number of hydrogen-bond acceptors (Lipinski definition) is 2. The molecule has 0 radical (unpaired) electrons. The van der Waals surface area contributed by atoms with E-state index in [1.165, 1.54) is 0 Å². The second-order valence-corrected chi connectivity index (χ2v) is 4.74. The summed E-state index contributed by atoms with van der Waals surface area (Å²) in [5, 5.41) is 3.95. The number of amides is 1. The molecule has 0 aliphatic rings. The van der Waals surface area contributed by atoms with Crippen LogP contribution in [0.5, 0.6) is 5.75 Å². The summed E-state index contributed by atoms with van der Waals surface area (Å²) >= 11 is 0. The molecule has 0 aliphatic heterocycles. The van der Waals surface area contributed by atoms with Crippen LogP contribution in [0.15, 0.2) is 60.8 Å². The van der Waals surface area contributed by atoms with Crippen molar-refractivity contribution in [1.82, 2.24) is 4.98 Å². The third-order valence-corrected chi connectivity index (χ3v) is 3.18. The average Bonchev–Trinajstić information content (AvgIpc) is 2.96. The van der Waals surface area contributed by atoms with Gasteiger partial charge in [0.25, 0.3) is 0 Å². The Morgan fingerprint density at radius 1 is 1.10 bits per heavy atom. The minimum Gasteiger partial charge on any atom is -0.493 e. The van der Waals surface area contributed by atoms with Crippen molar-refractivity contribution in [3.05, 3.63) is 60.8 Å². The third-order valence-electron chi connectivity index (χ3n) is 3.18. The van der Waals surface area contributed by atoms with Crippen LogP contribution in [0.3, 0.4) is 0 Å². The van der Waals surface area contributed by atoms with Gasteiger partial charge in [-0.3, -0.25) is 4.79 Å². The number of nitrogens with one attached hydrogen (secondary N) is 2. The molecule has 0 aliphatic carbocycles. The first-order valence-corrected chi connectivity index (χ1v) is 6.86. The molecule has 0 saturated heterocycles. The van der Waals surface area contributed by atoms with Crippen molar-refractivity contribution in [3.63, 3.8) is 0 Å². The molecule has 4 heteroatoms. The van der Waals surface area contributed by atoms with Crippen molar-refractivity contribution >= 4 is 22.5 Å². The molecule has 106 valence electrons. The number of aromatic nitrogens is 1. The van der Waals surface area contributed by atoms with Gasteiger partial charge in [0.1, 0.15) is 5.75 Å². The maximum atomic E-state index is 11.9. The van der Waals surface area contributed by atoms with Gasteiger partial charge in [-0.25, -0.2) is 0 Å². The van der Waals surface area contributed by atoms with Crippen molar-refractivity contribution < 1.29 is 9.53 Å². The standard InChI is InChI=1S/C17H16N2O2/c20-17(9-11-21-15-4-2-1-3-5-15)19-14-6-7-16-13(12-14)8-10-18-16/h1-8,10,12,18H,9,11H2,(H,19,20). The Bertz CT molecular complexity index is 735. The normalized spacial score (nSPS) is 10.5. The van der Waals surface area contributed by atoms with Crippen molar-refractivity contribution in [2.24, 2.45) is 0 Å². The largest absolute Gasteiger partial charge is 0.493 e. The Hall–Kier alpha value is -2.75.